The minimum Gasteiger partial charge on any atom is -0.388 e. The molecule has 3 N–H and O–H groups in total. The zero-order chi connectivity index (χ0) is 10.7. The van der Waals surface area contributed by atoms with E-state index in [4.69, 9.17) is 5.73 Å². The van der Waals surface area contributed by atoms with E-state index in [1.807, 2.05) is 13.8 Å². The van der Waals surface area contributed by atoms with Gasteiger partial charge in [-0.15, -0.1) is 0 Å². The molecule has 2 nitrogen and oxygen atoms in total. The Bertz CT molecular complexity index is 297. The second-order valence-electron chi connectivity index (χ2n) is 3.91. The first-order chi connectivity index (χ1) is 6.56. The molecule has 1 aromatic carbocycles. The Hall–Kier alpha value is -0.860. The highest BCUT2D eigenvalue weighted by Crippen LogP contribution is 2.25. The summed E-state index contributed by atoms with van der Waals surface area (Å²) < 4.78 is 0. The van der Waals surface area contributed by atoms with Gasteiger partial charge < -0.3 is 10.8 Å². The molecule has 1 atom stereocenters. The van der Waals surface area contributed by atoms with Crippen LogP contribution in [0.1, 0.15) is 34.8 Å². The average molecular weight is 193 g/mol. The molecule has 78 valence electrons. The van der Waals surface area contributed by atoms with Crippen molar-refractivity contribution in [1.82, 2.24) is 0 Å². The highest BCUT2D eigenvalue weighted by molar-refractivity contribution is 5.38. The lowest BCUT2D eigenvalue weighted by atomic mass is 9.94. The van der Waals surface area contributed by atoms with Gasteiger partial charge in [-0.25, -0.2) is 0 Å². The highest BCUT2D eigenvalue weighted by atomic mass is 16.3. The molecule has 0 aliphatic rings. The maximum absolute atomic E-state index is 9.89. The van der Waals surface area contributed by atoms with Gasteiger partial charge in [-0.2, -0.15) is 0 Å². The van der Waals surface area contributed by atoms with Crippen LogP contribution in [0.2, 0.25) is 0 Å². The van der Waals surface area contributed by atoms with Gasteiger partial charge in [0, 0.05) is 0 Å². The summed E-state index contributed by atoms with van der Waals surface area (Å²) in [5, 5.41) is 9.89. The van der Waals surface area contributed by atoms with E-state index in [1.165, 1.54) is 5.56 Å². The molecule has 0 radical (unpaired) electrons. The SMILES string of the molecule is Cc1cc(C)c([C@H](O)CCN)c(C)c1. The van der Waals surface area contributed by atoms with Crippen LogP contribution < -0.4 is 5.73 Å². The predicted octanol–water partition coefficient (Wildman–Crippen LogP) is 1.99. The molecular weight excluding hydrogens is 174 g/mol. The van der Waals surface area contributed by atoms with E-state index < -0.39 is 6.10 Å². The summed E-state index contributed by atoms with van der Waals surface area (Å²) in [6.45, 7) is 6.66. The number of rotatable bonds is 3. The predicted molar refractivity (Wildman–Crippen MR) is 59.3 cm³/mol. The van der Waals surface area contributed by atoms with Crippen molar-refractivity contribution in [1.29, 1.82) is 0 Å². The lowest BCUT2D eigenvalue weighted by molar-refractivity contribution is 0.169. The Morgan fingerprint density at radius 1 is 1.21 bits per heavy atom. The zero-order valence-corrected chi connectivity index (χ0v) is 9.17. The van der Waals surface area contributed by atoms with Crippen molar-refractivity contribution in [2.24, 2.45) is 5.73 Å². The van der Waals surface area contributed by atoms with Crippen LogP contribution in [0.5, 0.6) is 0 Å². The van der Waals surface area contributed by atoms with E-state index in [9.17, 15) is 5.11 Å². The fourth-order valence-corrected chi connectivity index (χ4v) is 2.02. The molecule has 0 aliphatic heterocycles. The standard InChI is InChI=1S/C12H19NO/c1-8-6-9(2)12(10(3)7-8)11(14)4-5-13/h6-7,11,14H,4-5,13H2,1-3H3/t11-/m1/s1. The normalized spacial score (nSPS) is 12.9. The number of benzene rings is 1. The fourth-order valence-electron chi connectivity index (χ4n) is 2.02. The Morgan fingerprint density at radius 2 is 1.71 bits per heavy atom. The van der Waals surface area contributed by atoms with Gasteiger partial charge in [0.05, 0.1) is 6.10 Å². The summed E-state index contributed by atoms with van der Waals surface area (Å²) in [5.74, 6) is 0. The van der Waals surface area contributed by atoms with E-state index in [2.05, 4.69) is 19.1 Å². The number of hydrogen-bond donors (Lipinski definition) is 2. The van der Waals surface area contributed by atoms with Gasteiger partial charge in [0.25, 0.3) is 0 Å². The van der Waals surface area contributed by atoms with Crippen molar-refractivity contribution in [2.75, 3.05) is 6.54 Å². The molecule has 0 amide bonds. The summed E-state index contributed by atoms with van der Waals surface area (Å²) in [4.78, 5) is 0. The third-order valence-electron chi connectivity index (χ3n) is 2.51. The Balaban J connectivity index is 3.07. The van der Waals surface area contributed by atoms with Gasteiger partial charge >= 0.3 is 0 Å². The highest BCUT2D eigenvalue weighted by Gasteiger charge is 2.12. The third-order valence-corrected chi connectivity index (χ3v) is 2.51. The van der Waals surface area contributed by atoms with Gasteiger partial charge in [0.1, 0.15) is 0 Å². The molecule has 0 unspecified atom stereocenters. The second-order valence-corrected chi connectivity index (χ2v) is 3.91. The molecule has 0 bridgehead atoms. The second kappa shape index (κ2) is 4.58. The van der Waals surface area contributed by atoms with Crippen LogP contribution in [0.3, 0.4) is 0 Å². The van der Waals surface area contributed by atoms with Crippen molar-refractivity contribution < 1.29 is 5.11 Å². The monoisotopic (exact) mass is 193 g/mol. The minimum atomic E-state index is -0.416. The molecule has 14 heavy (non-hydrogen) atoms. The lowest BCUT2D eigenvalue weighted by Crippen LogP contribution is -2.09. The smallest absolute Gasteiger partial charge is 0.0807 e. The Labute approximate surface area is 85.8 Å². The molecule has 0 spiro atoms. The van der Waals surface area contributed by atoms with Crippen LogP contribution in [-0.4, -0.2) is 11.7 Å². The first-order valence-corrected chi connectivity index (χ1v) is 5.02. The van der Waals surface area contributed by atoms with Gasteiger partial charge in [-0.05, 0) is 50.4 Å². The van der Waals surface area contributed by atoms with Crippen LogP contribution in [0.4, 0.5) is 0 Å². The van der Waals surface area contributed by atoms with Crippen molar-refractivity contribution in [3.05, 3.63) is 34.4 Å². The molecule has 0 saturated heterocycles. The number of aliphatic hydroxyl groups excluding tert-OH is 1. The first-order valence-electron chi connectivity index (χ1n) is 5.02. The number of hydrogen-bond acceptors (Lipinski definition) is 2. The molecule has 1 aromatic rings. The average Bonchev–Trinajstić information content (AvgIpc) is 2.01. The van der Waals surface area contributed by atoms with Crippen LogP contribution in [0, 0.1) is 20.8 Å². The molecule has 0 fully saturated rings. The number of aliphatic hydroxyl groups is 1. The number of nitrogens with two attached hydrogens (primary N) is 1. The minimum absolute atomic E-state index is 0.416. The van der Waals surface area contributed by atoms with E-state index in [0.717, 1.165) is 16.7 Å². The molecular formula is C12H19NO. The fraction of sp³-hybridized carbons (Fsp3) is 0.500. The number of aryl methyl sites for hydroxylation is 3. The summed E-state index contributed by atoms with van der Waals surface area (Å²) in [6, 6.07) is 4.20. The Morgan fingerprint density at radius 3 is 2.14 bits per heavy atom. The molecule has 0 aromatic heterocycles. The van der Waals surface area contributed by atoms with Gasteiger partial charge in [-0.1, -0.05) is 17.7 Å². The van der Waals surface area contributed by atoms with Crippen molar-refractivity contribution in [3.63, 3.8) is 0 Å². The van der Waals surface area contributed by atoms with Gasteiger partial charge in [0.2, 0.25) is 0 Å². The molecule has 0 heterocycles. The summed E-state index contributed by atoms with van der Waals surface area (Å²) >= 11 is 0. The van der Waals surface area contributed by atoms with E-state index in [1.54, 1.807) is 0 Å². The van der Waals surface area contributed by atoms with E-state index >= 15 is 0 Å². The molecule has 1 rings (SSSR count). The van der Waals surface area contributed by atoms with Crippen molar-refractivity contribution in [3.8, 4) is 0 Å². The van der Waals surface area contributed by atoms with Crippen molar-refractivity contribution in [2.45, 2.75) is 33.3 Å². The maximum Gasteiger partial charge on any atom is 0.0807 e. The van der Waals surface area contributed by atoms with Crippen molar-refractivity contribution >= 4 is 0 Å². The quantitative estimate of drug-likeness (QED) is 0.771. The molecule has 0 saturated carbocycles. The van der Waals surface area contributed by atoms with Crippen LogP contribution >= 0.6 is 0 Å². The maximum atomic E-state index is 9.89. The molecule has 2 heteroatoms. The lowest BCUT2D eigenvalue weighted by Gasteiger charge is -2.16. The zero-order valence-electron chi connectivity index (χ0n) is 9.17. The summed E-state index contributed by atoms with van der Waals surface area (Å²) in [5.41, 5.74) is 10.0. The van der Waals surface area contributed by atoms with Gasteiger partial charge in [0.15, 0.2) is 0 Å². The first kappa shape index (κ1) is 11.2. The Kier molecular flexibility index (Phi) is 3.67. The summed E-state index contributed by atoms with van der Waals surface area (Å²) in [6.07, 6.45) is 0.214. The van der Waals surface area contributed by atoms with Crippen LogP contribution in [-0.2, 0) is 0 Å². The largest absolute Gasteiger partial charge is 0.388 e. The van der Waals surface area contributed by atoms with E-state index in [-0.39, 0.29) is 0 Å². The summed E-state index contributed by atoms with van der Waals surface area (Å²) in [7, 11) is 0. The van der Waals surface area contributed by atoms with Crippen LogP contribution in [0.15, 0.2) is 12.1 Å². The third kappa shape index (κ3) is 2.34. The van der Waals surface area contributed by atoms with Gasteiger partial charge in [-0.3, -0.25) is 0 Å². The van der Waals surface area contributed by atoms with Crippen LogP contribution in [0.25, 0.3) is 0 Å². The molecule has 0 aliphatic carbocycles. The van der Waals surface area contributed by atoms with E-state index in [0.29, 0.717) is 13.0 Å². The topological polar surface area (TPSA) is 46.2 Å².